The van der Waals surface area contributed by atoms with Gasteiger partial charge in [0.15, 0.2) is 11.5 Å². The van der Waals surface area contributed by atoms with E-state index in [4.69, 9.17) is 75.0 Å². The quantitative estimate of drug-likeness (QED) is 0.0343. The zero-order valence-electron chi connectivity index (χ0n) is 53.1. The highest BCUT2D eigenvalue weighted by Gasteiger charge is 2.63. The lowest BCUT2D eigenvalue weighted by Crippen LogP contribution is -2.52. The third-order valence-corrected chi connectivity index (χ3v) is 19.6. The van der Waals surface area contributed by atoms with E-state index < -0.39 is 94.7 Å². The molecule has 3 fully saturated rings. The molecule has 0 radical (unpaired) electrons. The fraction of sp³-hybridized carbons (Fsp3) is 0.683. The number of esters is 6. The van der Waals surface area contributed by atoms with Gasteiger partial charge in [0, 0.05) is 106 Å². The minimum absolute atomic E-state index is 0.00636. The zero-order chi connectivity index (χ0) is 65.5. The van der Waals surface area contributed by atoms with Crippen LogP contribution in [0.2, 0.25) is 0 Å². The first kappa shape index (κ1) is 73.1. The first-order valence-electron chi connectivity index (χ1n) is 30.2. The second kappa shape index (κ2) is 33.6. The van der Waals surface area contributed by atoms with E-state index in [1.54, 1.807) is 20.4 Å². The molecule has 2 aliphatic heterocycles. The van der Waals surface area contributed by atoms with Crippen molar-refractivity contribution in [3.63, 3.8) is 0 Å². The summed E-state index contributed by atoms with van der Waals surface area (Å²) >= 11 is 12.4. The van der Waals surface area contributed by atoms with E-state index in [2.05, 4.69) is 19.2 Å². The van der Waals surface area contributed by atoms with Gasteiger partial charge in [0.2, 0.25) is 11.6 Å². The molecule has 3 heterocycles. The molecule has 1 aromatic rings. The van der Waals surface area contributed by atoms with Crippen LogP contribution in [0, 0.1) is 28.6 Å². The number of fused-ring (bicyclic) bond motifs is 7. The minimum atomic E-state index is -0.868. The smallest absolute Gasteiger partial charge is 0.342 e. The van der Waals surface area contributed by atoms with Crippen molar-refractivity contribution in [2.45, 2.75) is 136 Å². The summed E-state index contributed by atoms with van der Waals surface area (Å²) in [7, 11) is 6.20. The number of rotatable bonds is 23. The molecule has 8 aliphatic rings. The maximum absolute atomic E-state index is 14.2. The van der Waals surface area contributed by atoms with Crippen LogP contribution in [0.1, 0.15) is 126 Å². The number of aliphatic hydroxyl groups excluding tert-OH is 1. The number of hydrogen-bond acceptors (Lipinski definition) is 24. The second-order valence-corrected chi connectivity index (χ2v) is 26.1. The lowest BCUT2D eigenvalue weighted by atomic mass is 9.58. The number of alkyl halides is 2. The van der Waals surface area contributed by atoms with Crippen molar-refractivity contribution in [1.82, 2.24) is 10.2 Å². The van der Waals surface area contributed by atoms with Crippen LogP contribution >= 0.6 is 46.7 Å². The van der Waals surface area contributed by atoms with Gasteiger partial charge in [0.05, 0.1) is 60.7 Å². The molecule has 1 aromatic heterocycles. The number of methoxy groups -OCH3 is 4. The molecular formula is C63H88Cl2N2O20S2. The SMILES string of the molecule is CCN(/C=C1/C(=O)O[C@H](COC)C2C1=C(O)C(=O)C1=C2[C@H](OC(C)=O)C[C@]2(C)[C@@H](OC(=O)CSCCOC)CC[C@@H]12)CC.CCNCC.COCCSCC(=O)O[C@H]1CC[C@H]2C3=C(C4c5c(coc5C3=O)C(=O)O[C@@H]4COC)[C@H](OC(C)=O)C[C@]12C.ClCCl. The van der Waals surface area contributed by atoms with Crippen molar-refractivity contribution in [2.24, 2.45) is 28.6 Å². The van der Waals surface area contributed by atoms with Gasteiger partial charge < -0.3 is 67.1 Å². The molecule has 9 rings (SSSR count). The number of ketones is 2. The predicted octanol–water partition coefficient (Wildman–Crippen LogP) is 8.26. The summed E-state index contributed by atoms with van der Waals surface area (Å²) in [6.45, 7) is 19.2. The number of nitrogens with one attached hydrogen (secondary N) is 1. The van der Waals surface area contributed by atoms with Crippen LogP contribution in [0.3, 0.4) is 0 Å². The highest BCUT2D eigenvalue weighted by molar-refractivity contribution is 8.00. The number of allylic oxidation sites excluding steroid dienone is 2. The molecule has 22 nitrogen and oxygen atoms in total. The van der Waals surface area contributed by atoms with Gasteiger partial charge in [0.25, 0.3) is 0 Å². The van der Waals surface area contributed by atoms with Crippen LogP contribution in [0.15, 0.2) is 56.1 Å². The molecule has 2 N–H and O–H groups in total. The maximum atomic E-state index is 14.2. The second-order valence-electron chi connectivity index (χ2n) is 23.1. The monoisotopic (exact) mass is 1330 g/mol. The summed E-state index contributed by atoms with van der Waals surface area (Å²) in [6.07, 6.45) is 1.62. The number of halogens is 2. The number of hydrogen-bond donors (Lipinski definition) is 2. The summed E-state index contributed by atoms with van der Waals surface area (Å²) in [5, 5.41) is 14.9. The number of cyclic esters (lactones) is 2. The lowest BCUT2D eigenvalue weighted by molar-refractivity contribution is -0.159. The zero-order valence-corrected chi connectivity index (χ0v) is 56.2. The summed E-state index contributed by atoms with van der Waals surface area (Å²) in [5.41, 5.74) is 1.59. The average Bonchev–Trinajstić information content (AvgIpc) is 1.49. The molecule has 0 spiro atoms. The molecule has 0 bridgehead atoms. The fourth-order valence-electron chi connectivity index (χ4n) is 14.1. The van der Waals surface area contributed by atoms with E-state index in [0.717, 1.165) is 13.1 Å². The van der Waals surface area contributed by atoms with Crippen molar-refractivity contribution in [2.75, 3.05) is 109 Å². The van der Waals surface area contributed by atoms with Crippen molar-refractivity contribution in [3.05, 3.63) is 68.5 Å². The Balaban J connectivity index is 0.000000254. The molecule has 26 heteroatoms. The van der Waals surface area contributed by atoms with E-state index in [0.29, 0.717) is 104 Å². The fourth-order valence-corrected chi connectivity index (χ4v) is 15.4. The Morgan fingerprint density at radius 1 is 0.674 bits per heavy atom. The van der Waals surface area contributed by atoms with Gasteiger partial charge in [-0.3, -0.25) is 28.8 Å². The third kappa shape index (κ3) is 16.1. The Kier molecular flexibility index (Phi) is 27.6. The predicted molar refractivity (Wildman–Crippen MR) is 333 cm³/mol. The van der Waals surface area contributed by atoms with Gasteiger partial charge in [-0.1, -0.05) is 27.7 Å². The highest BCUT2D eigenvalue weighted by Crippen LogP contribution is 2.63. The largest absolute Gasteiger partial charge is 0.504 e. The summed E-state index contributed by atoms with van der Waals surface area (Å²) in [5.74, 6) is -4.51. The van der Waals surface area contributed by atoms with E-state index in [1.165, 1.54) is 57.9 Å². The molecule has 0 amide bonds. The van der Waals surface area contributed by atoms with E-state index in [-0.39, 0.29) is 82.1 Å². The first-order chi connectivity index (χ1) is 42.5. The van der Waals surface area contributed by atoms with Gasteiger partial charge in [-0.05, 0) is 88.4 Å². The number of nitrogens with zero attached hydrogens (tertiary/aromatic N) is 1. The molecule has 1 saturated heterocycles. The van der Waals surface area contributed by atoms with Gasteiger partial charge in [-0.15, -0.1) is 46.7 Å². The maximum Gasteiger partial charge on any atom is 0.342 e. The average molecular weight is 1330 g/mol. The molecule has 2 saturated carbocycles. The number of carbonyl (C=O) groups excluding carboxylic acids is 8. The Hall–Kier alpha value is -4.92. The van der Waals surface area contributed by atoms with Gasteiger partial charge in [-0.25, -0.2) is 9.59 Å². The topological polar surface area (TPSA) is 277 Å². The number of Topliss-reactive ketones (excluding diaryl/α,β-unsaturated/α-hetero) is 2. The van der Waals surface area contributed by atoms with Crippen LogP contribution in [0.25, 0.3) is 0 Å². The van der Waals surface area contributed by atoms with Crippen molar-refractivity contribution in [1.29, 1.82) is 0 Å². The molecule has 12 atom stereocenters. The summed E-state index contributed by atoms with van der Waals surface area (Å²) in [4.78, 5) is 106. The Bertz CT molecular complexity index is 2870. The van der Waals surface area contributed by atoms with E-state index >= 15 is 0 Å². The minimum Gasteiger partial charge on any atom is -0.504 e. The first-order valence-corrected chi connectivity index (χ1v) is 33.6. The molecule has 0 aromatic carbocycles. The standard InChI is InChI=1S/C31H43NO10S.C27H32O10S.C4H11N.CH2Cl2/c1-7-32(8-2)14-18-24-27(21(15-39-6)41-30(18)37)26-20(40-17(3)33)13-31(4)19(25(26)29(36)28(24)35)9-10-22(31)42-23(34)16-43-12-11-38-5;1-13(28)35-16-9-27(2)15(5-6-18(27)37-19(29)12-38-8-7-32-3)21-22(16)23-17(11-33-4)36-26(31)14-10-34-25(20(14)23)24(21)30;1-3-5-4-2;2-1-3/h14,19-22,27,35H,7-13,15-16H2,1-6H3;10,15-18,23H,5-9,11-12H2,1-4H3;5H,3-4H2,1-2H3;1H2/b18-14+;;;/t19-,20+,21+,22-,27?,31-;15-,16+,17+,18-,23?,27-;;/m00../s1. The van der Waals surface area contributed by atoms with Gasteiger partial charge in [0.1, 0.15) is 48.5 Å². The van der Waals surface area contributed by atoms with Crippen molar-refractivity contribution < 1.29 is 95.2 Å². The number of carbonyl (C=O) groups is 8. The molecule has 2 unspecified atom stereocenters. The van der Waals surface area contributed by atoms with Crippen LogP contribution in [-0.2, 0) is 76.1 Å². The van der Waals surface area contributed by atoms with Crippen LogP contribution in [0.5, 0.6) is 0 Å². The van der Waals surface area contributed by atoms with Crippen LogP contribution in [-0.4, -0.2) is 203 Å². The Labute approximate surface area is 539 Å². The highest BCUT2D eigenvalue weighted by atomic mass is 35.5. The number of thioether (sulfide) groups is 2. The summed E-state index contributed by atoms with van der Waals surface area (Å²) in [6, 6.07) is 0. The molecule has 6 aliphatic carbocycles. The Morgan fingerprint density at radius 3 is 1.57 bits per heavy atom. The van der Waals surface area contributed by atoms with Crippen LogP contribution in [0.4, 0.5) is 0 Å². The number of ether oxygens (including phenoxy) is 10. The lowest BCUT2D eigenvalue weighted by Gasteiger charge is -2.49. The normalized spacial score (nSPS) is 29.0. The summed E-state index contributed by atoms with van der Waals surface area (Å²) < 4.78 is 61.8. The molecule has 496 valence electrons. The van der Waals surface area contributed by atoms with E-state index in [1.807, 2.05) is 32.6 Å². The van der Waals surface area contributed by atoms with Gasteiger partial charge in [-0.2, -0.15) is 0 Å². The number of furan rings is 1. The van der Waals surface area contributed by atoms with E-state index in [9.17, 15) is 43.5 Å². The number of aliphatic hydroxyl groups is 1. The van der Waals surface area contributed by atoms with Crippen molar-refractivity contribution >= 4 is 94.1 Å². The molecular weight excluding hydrogens is 1240 g/mol. The van der Waals surface area contributed by atoms with Crippen molar-refractivity contribution in [3.8, 4) is 0 Å². The molecule has 89 heavy (non-hydrogen) atoms. The third-order valence-electron chi connectivity index (χ3n) is 17.8. The Morgan fingerprint density at radius 2 is 1.13 bits per heavy atom. The van der Waals surface area contributed by atoms with Crippen LogP contribution < -0.4 is 5.32 Å². The van der Waals surface area contributed by atoms with Gasteiger partial charge >= 0.3 is 35.8 Å².